The van der Waals surface area contributed by atoms with E-state index in [0.717, 1.165) is 17.0 Å². The summed E-state index contributed by atoms with van der Waals surface area (Å²) in [7, 11) is 0. The van der Waals surface area contributed by atoms with Crippen molar-refractivity contribution in [1.82, 2.24) is 4.98 Å². The van der Waals surface area contributed by atoms with Crippen LogP contribution in [0.2, 0.25) is 0 Å². The van der Waals surface area contributed by atoms with Crippen LogP contribution in [0.5, 0.6) is 5.75 Å². The lowest BCUT2D eigenvalue weighted by molar-refractivity contribution is 0.140. The van der Waals surface area contributed by atoms with Crippen molar-refractivity contribution in [1.29, 1.82) is 0 Å². The summed E-state index contributed by atoms with van der Waals surface area (Å²) in [6, 6.07) is 13.4. The van der Waals surface area contributed by atoms with Crippen molar-refractivity contribution in [2.45, 2.75) is 19.4 Å². The molecule has 0 spiro atoms. The van der Waals surface area contributed by atoms with Crippen LogP contribution in [0.15, 0.2) is 48.7 Å². The molecule has 3 nitrogen and oxygen atoms in total. The molecule has 1 atom stereocenters. The highest BCUT2D eigenvalue weighted by atomic mass is 16.5. The van der Waals surface area contributed by atoms with E-state index in [1.165, 1.54) is 0 Å². The first kappa shape index (κ1) is 12.6. The molecule has 0 aliphatic carbocycles. The first-order valence-corrected chi connectivity index (χ1v) is 6.04. The minimum Gasteiger partial charge on any atom is -0.493 e. The Labute approximate surface area is 107 Å². The van der Waals surface area contributed by atoms with Crippen LogP contribution in [0.3, 0.4) is 0 Å². The molecule has 0 aliphatic heterocycles. The summed E-state index contributed by atoms with van der Waals surface area (Å²) in [6.07, 6.45) is 1.74. The quantitative estimate of drug-likeness (QED) is 0.878. The zero-order valence-electron chi connectivity index (χ0n) is 10.4. The zero-order valence-corrected chi connectivity index (χ0v) is 10.4. The number of nitrogens with zero attached hydrogens (tertiary/aromatic N) is 1. The number of para-hydroxylation sites is 1. The van der Waals surface area contributed by atoms with Gasteiger partial charge in [0.2, 0.25) is 0 Å². The molecule has 18 heavy (non-hydrogen) atoms. The fourth-order valence-corrected chi connectivity index (χ4v) is 1.65. The van der Waals surface area contributed by atoms with Gasteiger partial charge in [-0.25, -0.2) is 0 Å². The summed E-state index contributed by atoms with van der Waals surface area (Å²) in [4.78, 5) is 4.17. The van der Waals surface area contributed by atoms with Gasteiger partial charge in [0.1, 0.15) is 5.75 Å². The number of pyridine rings is 1. The van der Waals surface area contributed by atoms with Gasteiger partial charge in [-0.15, -0.1) is 0 Å². The van der Waals surface area contributed by atoms with E-state index in [0.29, 0.717) is 13.0 Å². The molecular formula is C15H17NO2. The van der Waals surface area contributed by atoms with Gasteiger partial charge in [-0.1, -0.05) is 24.3 Å². The lowest BCUT2D eigenvalue weighted by Crippen LogP contribution is -2.05. The van der Waals surface area contributed by atoms with Gasteiger partial charge in [0.05, 0.1) is 12.7 Å². The average molecular weight is 243 g/mol. The molecule has 0 fully saturated rings. The van der Waals surface area contributed by atoms with Crippen LogP contribution >= 0.6 is 0 Å². The number of ether oxygens (including phenoxy) is 1. The minimum atomic E-state index is -0.526. The molecule has 0 bridgehead atoms. The van der Waals surface area contributed by atoms with Gasteiger partial charge >= 0.3 is 0 Å². The Hall–Kier alpha value is -1.87. The molecule has 1 aromatic carbocycles. The van der Waals surface area contributed by atoms with E-state index >= 15 is 0 Å². The van der Waals surface area contributed by atoms with E-state index in [2.05, 4.69) is 4.98 Å². The Kier molecular flexibility index (Phi) is 4.31. The van der Waals surface area contributed by atoms with E-state index in [9.17, 15) is 5.11 Å². The van der Waals surface area contributed by atoms with Crippen LogP contribution in [0.25, 0.3) is 0 Å². The third kappa shape index (κ3) is 3.57. The van der Waals surface area contributed by atoms with E-state index in [1.807, 2.05) is 49.4 Å². The van der Waals surface area contributed by atoms with E-state index < -0.39 is 6.10 Å². The molecule has 0 radical (unpaired) electrons. The number of hydrogen-bond donors (Lipinski definition) is 1. The number of aliphatic hydroxyl groups is 1. The summed E-state index contributed by atoms with van der Waals surface area (Å²) in [5, 5.41) is 9.97. The van der Waals surface area contributed by atoms with Crippen LogP contribution in [0.4, 0.5) is 0 Å². The van der Waals surface area contributed by atoms with Gasteiger partial charge in [-0.3, -0.25) is 4.98 Å². The lowest BCUT2D eigenvalue weighted by atomic mass is 10.1. The summed E-state index contributed by atoms with van der Waals surface area (Å²) in [6.45, 7) is 2.41. The molecule has 1 N–H and O–H groups in total. The Morgan fingerprint density at radius 2 is 1.94 bits per heavy atom. The number of aryl methyl sites for hydroxylation is 1. The first-order chi connectivity index (χ1) is 8.75. The summed E-state index contributed by atoms with van der Waals surface area (Å²) < 4.78 is 5.54. The Bertz CT molecular complexity index is 468. The van der Waals surface area contributed by atoms with Crippen LogP contribution in [-0.2, 0) is 0 Å². The van der Waals surface area contributed by atoms with Crippen LogP contribution < -0.4 is 4.74 Å². The summed E-state index contributed by atoms with van der Waals surface area (Å²) >= 11 is 0. The molecule has 1 aromatic heterocycles. The first-order valence-electron chi connectivity index (χ1n) is 6.04. The SMILES string of the molecule is Cc1ccc(C(O)CCOc2ccccc2)cn1. The largest absolute Gasteiger partial charge is 0.493 e. The molecule has 0 amide bonds. The highest BCUT2D eigenvalue weighted by Gasteiger charge is 2.07. The van der Waals surface area contributed by atoms with Crippen molar-refractivity contribution in [3.63, 3.8) is 0 Å². The predicted octanol–water partition coefficient (Wildman–Crippen LogP) is 2.89. The lowest BCUT2D eigenvalue weighted by Gasteiger charge is -2.11. The smallest absolute Gasteiger partial charge is 0.119 e. The molecule has 3 heteroatoms. The molecule has 2 aromatic rings. The maximum atomic E-state index is 9.97. The van der Waals surface area contributed by atoms with Gasteiger partial charge in [-0.2, -0.15) is 0 Å². The molecular weight excluding hydrogens is 226 g/mol. The third-order valence-corrected chi connectivity index (χ3v) is 2.72. The van der Waals surface area contributed by atoms with Crippen molar-refractivity contribution in [3.05, 3.63) is 59.9 Å². The van der Waals surface area contributed by atoms with Crippen molar-refractivity contribution in [2.75, 3.05) is 6.61 Å². The topological polar surface area (TPSA) is 42.4 Å². The standard InChI is InChI=1S/C15H17NO2/c1-12-7-8-13(11-16-12)15(17)9-10-18-14-5-3-2-4-6-14/h2-8,11,15,17H,9-10H2,1H3. The van der Waals surface area contributed by atoms with E-state index in [4.69, 9.17) is 4.74 Å². The number of hydrogen-bond acceptors (Lipinski definition) is 3. The average Bonchev–Trinajstić information content (AvgIpc) is 2.40. The third-order valence-electron chi connectivity index (χ3n) is 2.72. The van der Waals surface area contributed by atoms with Gasteiger partial charge < -0.3 is 9.84 Å². The highest BCUT2D eigenvalue weighted by Crippen LogP contribution is 2.17. The van der Waals surface area contributed by atoms with E-state index in [-0.39, 0.29) is 0 Å². The molecule has 1 unspecified atom stereocenters. The van der Waals surface area contributed by atoms with Crippen LogP contribution in [-0.4, -0.2) is 16.7 Å². The maximum Gasteiger partial charge on any atom is 0.119 e. The van der Waals surface area contributed by atoms with Crippen molar-refractivity contribution >= 4 is 0 Å². The maximum absolute atomic E-state index is 9.97. The number of aromatic nitrogens is 1. The second-order valence-corrected chi connectivity index (χ2v) is 4.20. The number of benzene rings is 1. The minimum absolute atomic E-state index is 0.485. The fraction of sp³-hybridized carbons (Fsp3) is 0.267. The molecule has 0 aliphatic rings. The second kappa shape index (κ2) is 6.17. The predicted molar refractivity (Wildman–Crippen MR) is 70.5 cm³/mol. The van der Waals surface area contributed by atoms with Crippen LogP contribution in [0, 0.1) is 6.92 Å². The fourth-order valence-electron chi connectivity index (χ4n) is 1.65. The normalized spacial score (nSPS) is 12.1. The van der Waals surface area contributed by atoms with Crippen LogP contribution in [0.1, 0.15) is 23.8 Å². The number of aliphatic hydroxyl groups excluding tert-OH is 1. The summed E-state index contributed by atoms with van der Waals surface area (Å²) in [5.41, 5.74) is 1.78. The van der Waals surface area contributed by atoms with E-state index in [1.54, 1.807) is 6.20 Å². The number of rotatable bonds is 5. The Morgan fingerprint density at radius 1 is 1.17 bits per heavy atom. The molecule has 94 valence electrons. The summed E-state index contributed by atoms with van der Waals surface area (Å²) in [5.74, 6) is 0.826. The molecule has 2 rings (SSSR count). The van der Waals surface area contributed by atoms with Crippen molar-refractivity contribution in [3.8, 4) is 5.75 Å². The van der Waals surface area contributed by atoms with Gasteiger partial charge in [-0.05, 0) is 30.7 Å². The monoisotopic (exact) mass is 243 g/mol. The highest BCUT2D eigenvalue weighted by molar-refractivity contribution is 5.21. The molecule has 0 saturated heterocycles. The Balaban J connectivity index is 1.81. The zero-order chi connectivity index (χ0) is 12.8. The molecule has 0 saturated carbocycles. The van der Waals surface area contributed by atoms with Crippen molar-refractivity contribution < 1.29 is 9.84 Å². The van der Waals surface area contributed by atoms with Gasteiger partial charge in [0.25, 0.3) is 0 Å². The van der Waals surface area contributed by atoms with Gasteiger partial charge in [0, 0.05) is 18.3 Å². The Morgan fingerprint density at radius 3 is 2.61 bits per heavy atom. The van der Waals surface area contributed by atoms with Gasteiger partial charge in [0.15, 0.2) is 0 Å². The molecule has 1 heterocycles. The van der Waals surface area contributed by atoms with Crippen molar-refractivity contribution in [2.24, 2.45) is 0 Å². The second-order valence-electron chi connectivity index (χ2n) is 4.20.